The minimum Gasteiger partial charge on any atom is -0.383 e. The van der Waals surface area contributed by atoms with E-state index in [1.807, 2.05) is 11.2 Å². The predicted molar refractivity (Wildman–Crippen MR) is 142 cm³/mol. The first-order valence-corrected chi connectivity index (χ1v) is 12.9. The number of halogens is 3. The van der Waals surface area contributed by atoms with Gasteiger partial charge in [0.2, 0.25) is 0 Å². The van der Waals surface area contributed by atoms with Crippen LogP contribution in [0.15, 0.2) is 53.6 Å². The number of nitriles is 1. The highest BCUT2D eigenvalue weighted by molar-refractivity contribution is 5.95. The number of pyridine rings is 1. The lowest BCUT2D eigenvalue weighted by molar-refractivity contribution is -0.138. The van der Waals surface area contributed by atoms with Crippen molar-refractivity contribution in [1.82, 2.24) is 20.1 Å². The summed E-state index contributed by atoms with van der Waals surface area (Å²) in [6, 6.07) is 12.3. The van der Waals surface area contributed by atoms with Crippen molar-refractivity contribution in [2.75, 3.05) is 54.4 Å². The second-order valence-corrected chi connectivity index (χ2v) is 9.70. The maximum atomic E-state index is 13.6. The summed E-state index contributed by atoms with van der Waals surface area (Å²) in [4.78, 5) is 34.9. The lowest BCUT2D eigenvalue weighted by atomic mass is 10.1. The Hall–Kier alpha value is -4.60. The van der Waals surface area contributed by atoms with Crippen molar-refractivity contribution >= 4 is 23.1 Å². The molecule has 0 saturated carbocycles. The van der Waals surface area contributed by atoms with Crippen LogP contribution in [0.1, 0.15) is 34.3 Å². The van der Waals surface area contributed by atoms with Gasteiger partial charge in [0, 0.05) is 62.8 Å². The molecule has 2 aromatic heterocycles. The summed E-state index contributed by atoms with van der Waals surface area (Å²) < 4.78 is 40.8. The van der Waals surface area contributed by atoms with Crippen LogP contribution in [0.4, 0.5) is 30.4 Å². The number of hydrogen-bond donors (Lipinski definition) is 2. The van der Waals surface area contributed by atoms with Crippen LogP contribution >= 0.6 is 0 Å². The Morgan fingerprint density at radius 1 is 1.12 bits per heavy atom. The molecule has 2 fully saturated rings. The minimum absolute atomic E-state index is 0.108. The van der Waals surface area contributed by atoms with Crippen LogP contribution in [-0.4, -0.2) is 71.3 Å². The number of anilines is 3. The minimum atomic E-state index is -4.80. The number of carbonyl (C=O) groups excluding carboxylic acids is 1. The molecule has 10 nitrogen and oxygen atoms in total. The van der Waals surface area contributed by atoms with Crippen LogP contribution < -0.4 is 20.7 Å². The molecule has 0 spiro atoms. The predicted octanol–water partition coefficient (Wildman–Crippen LogP) is 3.10. The zero-order chi connectivity index (χ0) is 28.3. The van der Waals surface area contributed by atoms with Gasteiger partial charge in [-0.1, -0.05) is 6.07 Å². The van der Waals surface area contributed by atoms with Gasteiger partial charge in [0.25, 0.3) is 11.5 Å². The fraction of sp³-hybridized carbons (Fsp3) is 0.370. The van der Waals surface area contributed by atoms with Crippen LogP contribution in [0.3, 0.4) is 0 Å². The van der Waals surface area contributed by atoms with E-state index in [-0.39, 0.29) is 17.6 Å². The van der Waals surface area contributed by atoms with Crippen LogP contribution in [0.2, 0.25) is 0 Å². The Balaban J connectivity index is 1.21. The number of carbonyl (C=O) groups is 1. The van der Waals surface area contributed by atoms with Gasteiger partial charge in [-0.15, -0.1) is 0 Å². The van der Waals surface area contributed by atoms with Crippen LogP contribution in [0.25, 0.3) is 0 Å². The molecule has 0 aliphatic carbocycles. The molecule has 13 heteroatoms. The molecule has 1 unspecified atom stereocenters. The van der Waals surface area contributed by atoms with E-state index in [0.717, 1.165) is 12.0 Å². The van der Waals surface area contributed by atoms with Crippen LogP contribution in [-0.2, 0) is 6.18 Å². The van der Waals surface area contributed by atoms with E-state index in [4.69, 9.17) is 5.26 Å². The molecule has 2 N–H and O–H groups in total. The molecule has 0 radical (unpaired) electrons. The number of benzene rings is 1. The summed E-state index contributed by atoms with van der Waals surface area (Å²) in [5.41, 5.74) is -1.04. The second kappa shape index (κ2) is 11.3. The highest BCUT2D eigenvalue weighted by Gasteiger charge is 2.40. The van der Waals surface area contributed by atoms with Gasteiger partial charge in [-0.2, -0.15) is 23.5 Å². The zero-order valence-electron chi connectivity index (χ0n) is 21.5. The van der Waals surface area contributed by atoms with Gasteiger partial charge < -0.3 is 20.0 Å². The fourth-order valence-corrected chi connectivity index (χ4v) is 5.20. The Labute approximate surface area is 228 Å². The van der Waals surface area contributed by atoms with Crippen molar-refractivity contribution in [3.8, 4) is 6.07 Å². The largest absolute Gasteiger partial charge is 0.423 e. The molecule has 1 aromatic carbocycles. The van der Waals surface area contributed by atoms with Gasteiger partial charge in [-0.3, -0.25) is 9.59 Å². The van der Waals surface area contributed by atoms with Gasteiger partial charge in [0.05, 0.1) is 17.4 Å². The highest BCUT2D eigenvalue weighted by atomic mass is 19.4. The van der Waals surface area contributed by atoms with E-state index in [9.17, 15) is 22.8 Å². The molecular formula is C27H27F3N8O2. The highest BCUT2D eigenvalue weighted by Crippen LogP contribution is 2.36. The normalized spacial score (nSPS) is 17.6. The van der Waals surface area contributed by atoms with Crippen molar-refractivity contribution in [3.05, 3.63) is 75.8 Å². The molecule has 4 heterocycles. The number of piperazine rings is 1. The molecule has 1 atom stereocenters. The molecule has 208 valence electrons. The van der Waals surface area contributed by atoms with Gasteiger partial charge in [0.15, 0.2) is 0 Å². The Morgan fingerprint density at radius 2 is 1.93 bits per heavy atom. The Bertz CT molecular complexity index is 1460. The monoisotopic (exact) mass is 552 g/mol. The topological polar surface area (TPSA) is 121 Å². The summed E-state index contributed by atoms with van der Waals surface area (Å²) in [5, 5.41) is 17.7. The van der Waals surface area contributed by atoms with Crippen molar-refractivity contribution in [2.45, 2.75) is 25.1 Å². The van der Waals surface area contributed by atoms with Gasteiger partial charge in [-0.25, -0.2) is 10.1 Å². The molecule has 0 bridgehead atoms. The third kappa shape index (κ3) is 5.70. The van der Waals surface area contributed by atoms with E-state index >= 15 is 0 Å². The maximum absolute atomic E-state index is 13.6. The van der Waals surface area contributed by atoms with Gasteiger partial charge >= 0.3 is 6.18 Å². The van der Waals surface area contributed by atoms with Gasteiger partial charge in [-0.05, 0) is 43.2 Å². The summed E-state index contributed by atoms with van der Waals surface area (Å²) in [6.07, 6.45) is -0.890. The molecule has 40 heavy (non-hydrogen) atoms. The van der Waals surface area contributed by atoms with E-state index in [1.165, 1.54) is 6.20 Å². The Kier molecular flexibility index (Phi) is 7.59. The summed E-state index contributed by atoms with van der Waals surface area (Å²) in [5.74, 6) is 0.652. The number of nitrogens with zero attached hydrogens (tertiary/aromatic N) is 6. The van der Waals surface area contributed by atoms with E-state index in [2.05, 4.69) is 20.3 Å². The lowest BCUT2D eigenvalue weighted by Gasteiger charge is -2.35. The van der Waals surface area contributed by atoms with E-state index < -0.39 is 17.3 Å². The molecule has 1 amide bonds. The van der Waals surface area contributed by atoms with Gasteiger partial charge in [0.1, 0.15) is 17.5 Å². The number of amides is 1. The summed E-state index contributed by atoms with van der Waals surface area (Å²) in [7, 11) is 0. The molecule has 2 aliphatic rings. The first-order chi connectivity index (χ1) is 19.2. The average Bonchev–Trinajstić information content (AvgIpc) is 3.44. The molecule has 2 aliphatic heterocycles. The SMILES string of the molecule is N#Cc1ccc(N2CCN(C(=O)c3cccc(NCC4CCCN4c4cn[nH]c(=O)c4C(F)(F)F)c3)CC2)nc1. The molecule has 5 rings (SSSR count). The van der Waals surface area contributed by atoms with Crippen molar-refractivity contribution in [1.29, 1.82) is 5.26 Å². The van der Waals surface area contributed by atoms with E-state index in [1.54, 1.807) is 46.2 Å². The third-order valence-corrected chi connectivity index (χ3v) is 7.23. The molecular weight excluding hydrogens is 525 g/mol. The zero-order valence-corrected chi connectivity index (χ0v) is 21.5. The standard InChI is InChI=1S/C27H27F3N8O2/c28-27(29,30)24-22(17-34-35-25(24)39)38-8-2-5-21(38)16-32-20-4-1-3-19(13-20)26(40)37-11-9-36(10-12-37)23-7-6-18(14-31)15-33-23/h1,3-4,6-7,13,15,17,21,32H,2,5,8-12,16H2,(H,35,39). The lowest BCUT2D eigenvalue weighted by Crippen LogP contribution is -2.49. The quantitative estimate of drug-likeness (QED) is 0.479. The summed E-state index contributed by atoms with van der Waals surface area (Å²) in [6.45, 7) is 2.96. The number of alkyl halides is 3. The summed E-state index contributed by atoms with van der Waals surface area (Å²) >= 11 is 0. The van der Waals surface area contributed by atoms with Crippen LogP contribution in [0, 0.1) is 11.3 Å². The first kappa shape index (κ1) is 27.0. The fourth-order valence-electron chi connectivity index (χ4n) is 5.20. The maximum Gasteiger partial charge on any atom is 0.423 e. The second-order valence-electron chi connectivity index (χ2n) is 9.70. The van der Waals surface area contributed by atoms with Crippen molar-refractivity contribution < 1.29 is 18.0 Å². The average molecular weight is 553 g/mol. The number of rotatable bonds is 6. The number of aromatic nitrogens is 3. The molecule has 2 saturated heterocycles. The smallest absolute Gasteiger partial charge is 0.383 e. The number of hydrogen-bond acceptors (Lipinski definition) is 8. The number of aromatic amines is 1. The first-order valence-electron chi connectivity index (χ1n) is 12.9. The third-order valence-electron chi connectivity index (χ3n) is 7.23. The number of nitrogens with one attached hydrogen (secondary N) is 2. The Morgan fingerprint density at radius 3 is 2.62 bits per heavy atom. The van der Waals surface area contributed by atoms with Crippen molar-refractivity contribution in [2.24, 2.45) is 0 Å². The number of H-pyrrole nitrogens is 1. The van der Waals surface area contributed by atoms with E-state index in [0.29, 0.717) is 68.9 Å². The molecule has 3 aromatic rings. The van der Waals surface area contributed by atoms with Crippen LogP contribution in [0.5, 0.6) is 0 Å². The van der Waals surface area contributed by atoms with Crippen molar-refractivity contribution in [3.63, 3.8) is 0 Å².